The molecule has 1 N–H and O–H groups in total. The lowest BCUT2D eigenvalue weighted by Gasteiger charge is -2.11. The van der Waals surface area contributed by atoms with E-state index in [1.54, 1.807) is 36.4 Å². The highest BCUT2D eigenvalue weighted by molar-refractivity contribution is 6.05. The minimum absolute atomic E-state index is 0.241. The standard InChI is InChI=1S/C16H15NO3/c1-2-20-15-6-4-3-5-14(15)17-16(19)13-9-7-12(11-18)8-10-13/h3-11H,2H2,1H3,(H,17,19). The minimum Gasteiger partial charge on any atom is -0.492 e. The Morgan fingerprint density at radius 2 is 1.85 bits per heavy atom. The van der Waals surface area contributed by atoms with Gasteiger partial charge in [-0.15, -0.1) is 0 Å². The molecule has 0 bridgehead atoms. The van der Waals surface area contributed by atoms with Crippen LogP contribution in [0, 0.1) is 0 Å². The summed E-state index contributed by atoms with van der Waals surface area (Å²) in [7, 11) is 0. The van der Waals surface area contributed by atoms with Crippen molar-refractivity contribution in [1.29, 1.82) is 0 Å². The van der Waals surface area contributed by atoms with E-state index in [4.69, 9.17) is 4.74 Å². The second-order valence-electron chi connectivity index (χ2n) is 4.12. The molecule has 102 valence electrons. The summed E-state index contributed by atoms with van der Waals surface area (Å²) in [6.07, 6.45) is 0.742. The van der Waals surface area contributed by atoms with Crippen molar-refractivity contribution < 1.29 is 14.3 Å². The Kier molecular flexibility index (Phi) is 4.50. The Balaban J connectivity index is 2.16. The van der Waals surface area contributed by atoms with Crippen molar-refractivity contribution in [3.8, 4) is 5.75 Å². The summed E-state index contributed by atoms with van der Waals surface area (Å²) in [5.41, 5.74) is 1.65. The van der Waals surface area contributed by atoms with Crippen LogP contribution in [0.15, 0.2) is 48.5 Å². The molecule has 0 aliphatic rings. The first kappa shape index (κ1) is 13.8. The average molecular weight is 269 g/mol. The van der Waals surface area contributed by atoms with Crippen LogP contribution in [0.2, 0.25) is 0 Å². The van der Waals surface area contributed by atoms with Gasteiger partial charge < -0.3 is 10.1 Å². The molecule has 0 fully saturated rings. The fraction of sp³-hybridized carbons (Fsp3) is 0.125. The Morgan fingerprint density at radius 3 is 2.50 bits per heavy atom. The Morgan fingerprint density at radius 1 is 1.15 bits per heavy atom. The molecule has 0 aliphatic heterocycles. The first-order valence-corrected chi connectivity index (χ1v) is 6.33. The average Bonchev–Trinajstić information content (AvgIpc) is 2.49. The molecule has 4 heteroatoms. The van der Waals surface area contributed by atoms with Crippen molar-refractivity contribution in [3.63, 3.8) is 0 Å². The molecular formula is C16H15NO3. The van der Waals surface area contributed by atoms with Crippen molar-refractivity contribution in [2.75, 3.05) is 11.9 Å². The fourth-order valence-corrected chi connectivity index (χ4v) is 1.76. The summed E-state index contributed by atoms with van der Waals surface area (Å²) >= 11 is 0. The number of benzene rings is 2. The van der Waals surface area contributed by atoms with E-state index in [1.165, 1.54) is 0 Å². The molecule has 2 aromatic carbocycles. The number of ether oxygens (including phenoxy) is 1. The van der Waals surface area contributed by atoms with Crippen LogP contribution < -0.4 is 10.1 Å². The van der Waals surface area contributed by atoms with E-state index < -0.39 is 0 Å². The van der Waals surface area contributed by atoms with E-state index in [1.807, 2.05) is 19.1 Å². The second kappa shape index (κ2) is 6.52. The number of hydrogen-bond donors (Lipinski definition) is 1. The molecule has 4 nitrogen and oxygen atoms in total. The quantitative estimate of drug-likeness (QED) is 0.848. The largest absolute Gasteiger partial charge is 0.492 e. The summed E-state index contributed by atoms with van der Waals surface area (Å²) < 4.78 is 5.45. The third-order valence-electron chi connectivity index (χ3n) is 2.74. The van der Waals surface area contributed by atoms with Gasteiger partial charge in [0.05, 0.1) is 12.3 Å². The van der Waals surface area contributed by atoms with Crippen molar-refractivity contribution in [1.82, 2.24) is 0 Å². The van der Waals surface area contributed by atoms with Gasteiger partial charge in [-0.05, 0) is 31.2 Å². The first-order valence-electron chi connectivity index (χ1n) is 6.33. The number of rotatable bonds is 5. The fourth-order valence-electron chi connectivity index (χ4n) is 1.76. The molecule has 0 radical (unpaired) electrons. The Bertz CT molecular complexity index is 605. The zero-order chi connectivity index (χ0) is 14.4. The molecule has 0 heterocycles. The smallest absolute Gasteiger partial charge is 0.255 e. The van der Waals surface area contributed by atoms with Gasteiger partial charge in [-0.3, -0.25) is 9.59 Å². The zero-order valence-corrected chi connectivity index (χ0v) is 11.1. The lowest BCUT2D eigenvalue weighted by atomic mass is 10.1. The molecule has 0 aromatic heterocycles. The van der Waals surface area contributed by atoms with Crippen LogP contribution in [0.4, 0.5) is 5.69 Å². The van der Waals surface area contributed by atoms with Gasteiger partial charge in [-0.2, -0.15) is 0 Å². The van der Waals surface area contributed by atoms with Crippen LogP contribution in [-0.4, -0.2) is 18.8 Å². The number of anilines is 1. The van der Waals surface area contributed by atoms with Crippen molar-refractivity contribution in [2.24, 2.45) is 0 Å². The van der Waals surface area contributed by atoms with Gasteiger partial charge >= 0.3 is 0 Å². The highest BCUT2D eigenvalue weighted by atomic mass is 16.5. The number of amides is 1. The van der Waals surface area contributed by atoms with Crippen LogP contribution in [0.1, 0.15) is 27.6 Å². The monoisotopic (exact) mass is 269 g/mol. The van der Waals surface area contributed by atoms with Crippen LogP contribution >= 0.6 is 0 Å². The predicted molar refractivity (Wildman–Crippen MR) is 77.4 cm³/mol. The van der Waals surface area contributed by atoms with Gasteiger partial charge in [0.15, 0.2) is 0 Å². The number of carbonyl (C=O) groups excluding carboxylic acids is 2. The van der Waals surface area contributed by atoms with E-state index in [9.17, 15) is 9.59 Å². The van der Waals surface area contributed by atoms with Gasteiger partial charge in [0, 0.05) is 11.1 Å². The molecule has 0 atom stereocenters. The topological polar surface area (TPSA) is 55.4 Å². The molecule has 0 spiro atoms. The maximum atomic E-state index is 12.1. The van der Waals surface area contributed by atoms with Crippen LogP contribution in [0.3, 0.4) is 0 Å². The predicted octanol–water partition coefficient (Wildman–Crippen LogP) is 3.15. The summed E-state index contributed by atoms with van der Waals surface area (Å²) in [6, 6.07) is 13.7. The van der Waals surface area contributed by atoms with Crippen LogP contribution in [0.5, 0.6) is 5.75 Å². The number of nitrogens with one attached hydrogen (secondary N) is 1. The van der Waals surface area contributed by atoms with Crippen LogP contribution in [0.25, 0.3) is 0 Å². The third-order valence-corrected chi connectivity index (χ3v) is 2.74. The number of hydrogen-bond acceptors (Lipinski definition) is 3. The first-order chi connectivity index (χ1) is 9.74. The lowest BCUT2D eigenvalue weighted by molar-refractivity contribution is 0.102. The van der Waals surface area contributed by atoms with Crippen molar-refractivity contribution in [2.45, 2.75) is 6.92 Å². The highest BCUT2D eigenvalue weighted by Gasteiger charge is 2.09. The molecule has 0 saturated carbocycles. The lowest BCUT2D eigenvalue weighted by Crippen LogP contribution is -2.12. The molecule has 0 aliphatic carbocycles. The Labute approximate surface area is 117 Å². The van der Waals surface area contributed by atoms with E-state index in [0.717, 1.165) is 6.29 Å². The second-order valence-corrected chi connectivity index (χ2v) is 4.12. The molecule has 1 amide bonds. The minimum atomic E-state index is -0.241. The van der Waals surface area contributed by atoms with Crippen molar-refractivity contribution in [3.05, 3.63) is 59.7 Å². The molecule has 20 heavy (non-hydrogen) atoms. The van der Waals surface area contributed by atoms with Gasteiger partial charge in [0.1, 0.15) is 12.0 Å². The normalized spacial score (nSPS) is 9.85. The maximum Gasteiger partial charge on any atom is 0.255 e. The molecule has 0 unspecified atom stereocenters. The summed E-state index contributed by atoms with van der Waals surface area (Å²) in [6.45, 7) is 2.41. The highest BCUT2D eigenvalue weighted by Crippen LogP contribution is 2.24. The van der Waals surface area contributed by atoms with Gasteiger partial charge in [-0.1, -0.05) is 24.3 Å². The van der Waals surface area contributed by atoms with E-state index >= 15 is 0 Å². The molecule has 2 aromatic rings. The number of carbonyl (C=O) groups is 2. The summed E-state index contributed by atoms with van der Waals surface area (Å²) in [5.74, 6) is 0.391. The molecule has 0 saturated heterocycles. The number of para-hydroxylation sites is 2. The maximum absolute atomic E-state index is 12.1. The van der Waals surface area contributed by atoms with Gasteiger partial charge in [0.2, 0.25) is 0 Å². The number of aldehydes is 1. The zero-order valence-electron chi connectivity index (χ0n) is 11.1. The summed E-state index contributed by atoms with van der Waals surface area (Å²) in [5, 5.41) is 2.80. The van der Waals surface area contributed by atoms with E-state index in [2.05, 4.69) is 5.32 Å². The van der Waals surface area contributed by atoms with Crippen molar-refractivity contribution >= 4 is 17.9 Å². The Hall–Kier alpha value is -2.62. The van der Waals surface area contributed by atoms with E-state index in [0.29, 0.717) is 29.2 Å². The third kappa shape index (κ3) is 3.23. The SMILES string of the molecule is CCOc1ccccc1NC(=O)c1ccc(C=O)cc1. The van der Waals surface area contributed by atoms with Gasteiger partial charge in [-0.25, -0.2) is 0 Å². The summed E-state index contributed by atoms with van der Waals surface area (Å²) in [4.78, 5) is 22.7. The molecular weight excluding hydrogens is 254 g/mol. The van der Waals surface area contributed by atoms with Gasteiger partial charge in [0.25, 0.3) is 5.91 Å². The van der Waals surface area contributed by atoms with E-state index in [-0.39, 0.29) is 5.91 Å². The molecule has 2 rings (SSSR count). The van der Waals surface area contributed by atoms with Crippen LogP contribution in [-0.2, 0) is 0 Å².